The summed E-state index contributed by atoms with van der Waals surface area (Å²) in [6.45, 7) is 0.280. The summed E-state index contributed by atoms with van der Waals surface area (Å²) in [6.07, 6.45) is 6.14. The van der Waals surface area contributed by atoms with Gasteiger partial charge in [0.2, 0.25) is 16.9 Å². The van der Waals surface area contributed by atoms with Crippen LogP contribution < -0.4 is 19.7 Å². The van der Waals surface area contributed by atoms with Crippen molar-refractivity contribution in [3.8, 4) is 11.5 Å². The van der Waals surface area contributed by atoms with Gasteiger partial charge in [0.25, 0.3) is 0 Å². The molecule has 1 saturated heterocycles. The largest absolute Gasteiger partial charge is 0.497 e. The molecule has 1 aliphatic heterocycles. The minimum absolute atomic E-state index is 0.123. The van der Waals surface area contributed by atoms with Gasteiger partial charge < -0.3 is 19.7 Å². The van der Waals surface area contributed by atoms with Gasteiger partial charge in [0.05, 0.1) is 25.8 Å². The summed E-state index contributed by atoms with van der Waals surface area (Å²) in [7, 11) is 3.12. The maximum Gasteiger partial charge on any atom is 0.231 e. The van der Waals surface area contributed by atoms with Crippen molar-refractivity contribution in [1.29, 1.82) is 0 Å². The summed E-state index contributed by atoms with van der Waals surface area (Å²) in [5.41, 5.74) is 0.604. The maximum absolute atomic E-state index is 12.8. The molecule has 1 atom stereocenters. The summed E-state index contributed by atoms with van der Waals surface area (Å²) in [5, 5.41) is 12.8. The lowest BCUT2D eigenvalue weighted by Gasteiger charge is -2.20. The lowest BCUT2D eigenvalue weighted by molar-refractivity contribution is -0.122. The zero-order valence-corrected chi connectivity index (χ0v) is 18.0. The van der Waals surface area contributed by atoms with E-state index in [1.807, 2.05) is 0 Å². The molecule has 1 aliphatic carbocycles. The number of methoxy groups -OCH3 is 2. The Kier molecular flexibility index (Phi) is 6.17. The molecule has 2 amide bonds. The number of amides is 2. The molecule has 1 N–H and O–H groups in total. The minimum atomic E-state index is -0.463. The predicted molar refractivity (Wildman–Crippen MR) is 114 cm³/mol. The molecular formula is C21H26N4O4S. The predicted octanol–water partition coefficient (Wildman–Crippen LogP) is 3.59. The van der Waals surface area contributed by atoms with E-state index in [-0.39, 0.29) is 24.8 Å². The fraction of sp³-hybridized carbons (Fsp3) is 0.524. The van der Waals surface area contributed by atoms with Crippen molar-refractivity contribution in [2.75, 3.05) is 31.0 Å². The molecule has 1 aromatic carbocycles. The average Bonchev–Trinajstić information content (AvgIpc) is 3.40. The van der Waals surface area contributed by atoms with Gasteiger partial charge in [-0.15, -0.1) is 10.2 Å². The fourth-order valence-corrected chi connectivity index (χ4v) is 5.05. The first kappa shape index (κ1) is 20.6. The molecular weight excluding hydrogens is 404 g/mol. The van der Waals surface area contributed by atoms with Gasteiger partial charge in [-0.05, 0) is 25.0 Å². The first-order valence-electron chi connectivity index (χ1n) is 10.3. The van der Waals surface area contributed by atoms with Crippen LogP contribution in [0.5, 0.6) is 11.5 Å². The molecule has 160 valence electrons. The van der Waals surface area contributed by atoms with Crippen LogP contribution in [0.15, 0.2) is 18.2 Å². The van der Waals surface area contributed by atoms with Crippen LogP contribution >= 0.6 is 11.3 Å². The lowest BCUT2D eigenvalue weighted by Crippen LogP contribution is -2.28. The zero-order chi connectivity index (χ0) is 21.1. The Hall–Kier alpha value is -2.68. The maximum atomic E-state index is 12.8. The monoisotopic (exact) mass is 430 g/mol. The summed E-state index contributed by atoms with van der Waals surface area (Å²) in [6, 6.07) is 5.27. The van der Waals surface area contributed by atoms with Crippen molar-refractivity contribution < 1.29 is 19.1 Å². The van der Waals surface area contributed by atoms with E-state index in [0.717, 1.165) is 17.8 Å². The van der Waals surface area contributed by atoms with Gasteiger partial charge in [-0.3, -0.25) is 9.59 Å². The van der Waals surface area contributed by atoms with Gasteiger partial charge >= 0.3 is 0 Å². The third-order valence-corrected chi connectivity index (χ3v) is 6.80. The summed E-state index contributed by atoms with van der Waals surface area (Å²) >= 11 is 1.45. The highest BCUT2D eigenvalue weighted by Gasteiger charge is 2.37. The first-order valence-corrected chi connectivity index (χ1v) is 11.1. The van der Waals surface area contributed by atoms with E-state index in [9.17, 15) is 9.59 Å². The number of carbonyl (C=O) groups is 2. The van der Waals surface area contributed by atoms with E-state index >= 15 is 0 Å². The van der Waals surface area contributed by atoms with E-state index < -0.39 is 5.92 Å². The van der Waals surface area contributed by atoms with Crippen molar-refractivity contribution in [3.05, 3.63) is 23.2 Å². The number of rotatable bonds is 6. The molecule has 0 bridgehead atoms. The molecule has 1 saturated carbocycles. The van der Waals surface area contributed by atoms with Gasteiger partial charge in [-0.1, -0.05) is 30.6 Å². The number of aromatic nitrogens is 2. The molecule has 2 heterocycles. The van der Waals surface area contributed by atoms with Gasteiger partial charge in [0, 0.05) is 24.9 Å². The van der Waals surface area contributed by atoms with E-state index in [4.69, 9.17) is 9.47 Å². The highest BCUT2D eigenvalue weighted by atomic mass is 32.1. The second-order valence-electron chi connectivity index (χ2n) is 7.71. The molecule has 1 aromatic heterocycles. The highest BCUT2D eigenvalue weighted by molar-refractivity contribution is 7.15. The topological polar surface area (TPSA) is 93.7 Å². The number of anilines is 2. The van der Waals surface area contributed by atoms with Crippen LogP contribution in [0.4, 0.5) is 10.8 Å². The van der Waals surface area contributed by atoms with E-state index in [0.29, 0.717) is 28.2 Å². The summed E-state index contributed by atoms with van der Waals surface area (Å²) in [4.78, 5) is 27.0. The second-order valence-corrected chi connectivity index (χ2v) is 8.72. The van der Waals surface area contributed by atoms with Crippen LogP contribution in [0, 0.1) is 5.92 Å². The van der Waals surface area contributed by atoms with Crippen molar-refractivity contribution in [1.82, 2.24) is 10.2 Å². The third kappa shape index (κ3) is 4.26. The van der Waals surface area contributed by atoms with Gasteiger partial charge in [0.1, 0.15) is 16.5 Å². The van der Waals surface area contributed by atoms with Gasteiger partial charge in [0.15, 0.2) is 0 Å². The molecule has 1 unspecified atom stereocenters. The molecule has 9 heteroatoms. The number of benzene rings is 1. The van der Waals surface area contributed by atoms with Gasteiger partial charge in [-0.25, -0.2) is 0 Å². The Morgan fingerprint density at radius 2 is 1.97 bits per heavy atom. The number of ether oxygens (including phenoxy) is 2. The SMILES string of the molecule is COc1ccc(OC)c(N2CC(C(=O)Nc3nnc(C4CCCCC4)s3)CC2=O)c1. The number of hydrogen-bond donors (Lipinski definition) is 1. The zero-order valence-electron chi connectivity index (χ0n) is 17.2. The fourth-order valence-electron chi connectivity index (χ4n) is 4.13. The Labute approximate surface area is 179 Å². The summed E-state index contributed by atoms with van der Waals surface area (Å²) < 4.78 is 10.7. The molecule has 2 fully saturated rings. The summed E-state index contributed by atoms with van der Waals surface area (Å²) in [5.74, 6) is 0.837. The van der Waals surface area contributed by atoms with Crippen LogP contribution in [0.2, 0.25) is 0 Å². The van der Waals surface area contributed by atoms with E-state index in [2.05, 4.69) is 15.5 Å². The van der Waals surface area contributed by atoms with Crippen LogP contribution in [-0.4, -0.2) is 42.8 Å². The molecule has 4 rings (SSSR count). The van der Waals surface area contributed by atoms with Crippen molar-refractivity contribution in [2.24, 2.45) is 5.92 Å². The molecule has 2 aliphatic rings. The van der Waals surface area contributed by atoms with E-state index in [1.54, 1.807) is 37.3 Å². The molecule has 2 aromatic rings. The first-order chi connectivity index (χ1) is 14.6. The number of carbonyl (C=O) groups excluding carboxylic acids is 2. The Bertz CT molecular complexity index is 925. The van der Waals surface area contributed by atoms with Crippen LogP contribution in [-0.2, 0) is 9.59 Å². The highest BCUT2D eigenvalue weighted by Crippen LogP contribution is 2.37. The minimum Gasteiger partial charge on any atom is -0.497 e. The van der Waals surface area contributed by atoms with E-state index in [1.165, 1.54) is 30.6 Å². The molecule has 8 nitrogen and oxygen atoms in total. The smallest absolute Gasteiger partial charge is 0.231 e. The second kappa shape index (κ2) is 8.99. The number of nitrogens with zero attached hydrogens (tertiary/aromatic N) is 3. The third-order valence-electron chi connectivity index (χ3n) is 5.80. The van der Waals surface area contributed by atoms with Crippen LogP contribution in [0.1, 0.15) is 49.5 Å². The lowest BCUT2D eigenvalue weighted by atomic mass is 9.90. The van der Waals surface area contributed by atoms with Crippen molar-refractivity contribution >= 4 is 34.0 Å². The van der Waals surface area contributed by atoms with Crippen molar-refractivity contribution in [3.63, 3.8) is 0 Å². The quantitative estimate of drug-likeness (QED) is 0.753. The number of hydrogen-bond acceptors (Lipinski definition) is 7. The Morgan fingerprint density at radius 3 is 2.70 bits per heavy atom. The normalized spacial score (nSPS) is 19.7. The average molecular weight is 431 g/mol. The van der Waals surface area contributed by atoms with Crippen molar-refractivity contribution in [2.45, 2.75) is 44.4 Å². The van der Waals surface area contributed by atoms with Crippen LogP contribution in [0.3, 0.4) is 0 Å². The standard InChI is InChI=1S/C21H26N4O4S/c1-28-15-8-9-17(29-2)16(11-15)25-12-14(10-18(25)26)19(27)22-21-24-23-20(30-21)13-6-4-3-5-7-13/h8-9,11,13-14H,3-7,10,12H2,1-2H3,(H,22,24,27). The Morgan fingerprint density at radius 1 is 1.17 bits per heavy atom. The molecule has 30 heavy (non-hydrogen) atoms. The number of nitrogens with one attached hydrogen (secondary N) is 1. The Balaban J connectivity index is 1.43. The molecule has 0 spiro atoms. The molecule has 0 radical (unpaired) electrons. The van der Waals surface area contributed by atoms with Gasteiger partial charge in [-0.2, -0.15) is 0 Å². The van der Waals surface area contributed by atoms with Crippen LogP contribution in [0.25, 0.3) is 0 Å².